The van der Waals surface area contributed by atoms with Crippen molar-refractivity contribution in [1.82, 2.24) is 10.2 Å². The first-order chi connectivity index (χ1) is 8.72. The summed E-state index contributed by atoms with van der Waals surface area (Å²) in [6.45, 7) is 3.18. The van der Waals surface area contributed by atoms with E-state index in [1.165, 1.54) is 4.90 Å². The van der Waals surface area contributed by atoms with E-state index in [0.29, 0.717) is 6.54 Å². The van der Waals surface area contributed by atoms with Crippen LogP contribution in [0, 0.1) is 0 Å². The Kier molecular flexibility index (Phi) is 4.10. The molecule has 0 saturated carbocycles. The lowest BCUT2D eigenvalue weighted by Gasteiger charge is -2.15. The highest BCUT2D eigenvalue weighted by atomic mass is 16.2. The molecular formula is C14H18N2O2. The molecule has 0 aliphatic carbocycles. The minimum atomic E-state index is -0.332. The molecule has 1 atom stereocenters. The number of imide groups is 1. The van der Waals surface area contributed by atoms with Crippen molar-refractivity contribution in [3.63, 3.8) is 0 Å². The van der Waals surface area contributed by atoms with Crippen molar-refractivity contribution in [2.24, 2.45) is 0 Å². The van der Waals surface area contributed by atoms with E-state index in [9.17, 15) is 9.59 Å². The summed E-state index contributed by atoms with van der Waals surface area (Å²) >= 11 is 0. The number of likely N-dealkylation sites (tertiary alicyclic amines) is 1. The highest BCUT2D eigenvalue weighted by Crippen LogP contribution is 2.16. The van der Waals surface area contributed by atoms with Gasteiger partial charge in [-0.1, -0.05) is 37.3 Å². The first-order valence-electron chi connectivity index (χ1n) is 6.34. The number of carbonyl (C=O) groups is 2. The first kappa shape index (κ1) is 12.8. The third kappa shape index (κ3) is 2.76. The maximum absolute atomic E-state index is 12.1. The SMILES string of the molecule is CCCN[C@H]1CC(=O)N(Cc2ccccc2)C1=O. The number of nitrogens with one attached hydrogen (secondary N) is 1. The Balaban J connectivity index is 2.01. The molecule has 18 heavy (non-hydrogen) atoms. The second kappa shape index (κ2) is 5.78. The zero-order valence-corrected chi connectivity index (χ0v) is 10.6. The van der Waals surface area contributed by atoms with Gasteiger partial charge >= 0.3 is 0 Å². The smallest absolute Gasteiger partial charge is 0.247 e. The average Bonchev–Trinajstić information content (AvgIpc) is 2.65. The summed E-state index contributed by atoms with van der Waals surface area (Å²) in [5.41, 5.74) is 0.982. The second-order valence-corrected chi connectivity index (χ2v) is 4.51. The third-order valence-corrected chi connectivity index (χ3v) is 3.07. The molecule has 0 unspecified atom stereocenters. The van der Waals surface area contributed by atoms with Crippen LogP contribution in [-0.4, -0.2) is 29.3 Å². The molecule has 1 aromatic carbocycles. The summed E-state index contributed by atoms with van der Waals surface area (Å²) in [5.74, 6) is -0.185. The molecule has 1 aliphatic rings. The fraction of sp³-hybridized carbons (Fsp3) is 0.429. The van der Waals surface area contributed by atoms with Crippen LogP contribution in [0.5, 0.6) is 0 Å². The summed E-state index contributed by atoms with van der Waals surface area (Å²) in [6, 6.07) is 9.25. The highest BCUT2D eigenvalue weighted by molar-refractivity contribution is 6.05. The summed E-state index contributed by atoms with van der Waals surface area (Å²) in [4.78, 5) is 25.2. The van der Waals surface area contributed by atoms with E-state index in [0.717, 1.165) is 18.5 Å². The zero-order chi connectivity index (χ0) is 13.0. The normalized spacial score (nSPS) is 19.6. The van der Waals surface area contributed by atoms with E-state index in [4.69, 9.17) is 0 Å². The van der Waals surface area contributed by atoms with Crippen LogP contribution in [0.25, 0.3) is 0 Å². The molecule has 2 rings (SSSR count). The van der Waals surface area contributed by atoms with Gasteiger partial charge in [0.15, 0.2) is 0 Å². The lowest BCUT2D eigenvalue weighted by molar-refractivity contribution is -0.139. The van der Waals surface area contributed by atoms with Gasteiger partial charge in [0.05, 0.1) is 19.0 Å². The van der Waals surface area contributed by atoms with Crippen molar-refractivity contribution in [2.45, 2.75) is 32.4 Å². The number of hydrogen-bond donors (Lipinski definition) is 1. The molecular weight excluding hydrogens is 228 g/mol. The van der Waals surface area contributed by atoms with Crippen LogP contribution < -0.4 is 5.32 Å². The molecule has 1 fully saturated rings. The van der Waals surface area contributed by atoms with Crippen molar-refractivity contribution in [2.75, 3.05) is 6.54 Å². The Morgan fingerprint density at radius 2 is 2.00 bits per heavy atom. The Morgan fingerprint density at radius 1 is 1.28 bits per heavy atom. The molecule has 96 valence electrons. The van der Waals surface area contributed by atoms with Crippen LogP contribution >= 0.6 is 0 Å². The highest BCUT2D eigenvalue weighted by Gasteiger charge is 2.37. The van der Waals surface area contributed by atoms with Crippen molar-refractivity contribution in [1.29, 1.82) is 0 Å². The van der Waals surface area contributed by atoms with Gasteiger partial charge in [-0.25, -0.2) is 0 Å². The van der Waals surface area contributed by atoms with E-state index in [-0.39, 0.29) is 24.3 Å². The minimum Gasteiger partial charge on any atom is -0.305 e. The molecule has 4 heteroatoms. The van der Waals surface area contributed by atoms with Crippen LogP contribution in [-0.2, 0) is 16.1 Å². The van der Waals surface area contributed by atoms with Crippen LogP contribution in [0.2, 0.25) is 0 Å². The molecule has 2 amide bonds. The monoisotopic (exact) mass is 246 g/mol. The predicted molar refractivity (Wildman–Crippen MR) is 68.7 cm³/mol. The van der Waals surface area contributed by atoms with Gasteiger partial charge in [-0.3, -0.25) is 14.5 Å². The van der Waals surface area contributed by atoms with E-state index >= 15 is 0 Å². The molecule has 1 heterocycles. The Labute approximate surface area is 107 Å². The van der Waals surface area contributed by atoms with Crippen molar-refractivity contribution < 1.29 is 9.59 Å². The molecule has 1 N–H and O–H groups in total. The van der Waals surface area contributed by atoms with Gasteiger partial charge in [-0.05, 0) is 18.5 Å². The lowest BCUT2D eigenvalue weighted by Crippen LogP contribution is -2.38. The van der Waals surface area contributed by atoms with Crippen LogP contribution in [0.15, 0.2) is 30.3 Å². The number of benzene rings is 1. The molecule has 0 bridgehead atoms. The lowest BCUT2D eigenvalue weighted by atomic mass is 10.2. The Hall–Kier alpha value is -1.68. The van der Waals surface area contributed by atoms with E-state index in [1.807, 2.05) is 37.3 Å². The Bertz CT molecular complexity index is 431. The number of amides is 2. The van der Waals surface area contributed by atoms with Gasteiger partial charge in [0.25, 0.3) is 0 Å². The summed E-state index contributed by atoms with van der Waals surface area (Å²) < 4.78 is 0. The van der Waals surface area contributed by atoms with Crippen molar-refractivity contribution >= 4 is 11.8 Å². The van der Waals surface area contributed by atoms with Gasteiger partial charge in [0.2, 0.25) is 11.8 Å². The molecule has 1 aromatic rings. The molecule has 0 aromatic heterocycles. The summed E-state index contributed by atoms with van der Waals surface area (Å²) in [7, 11) is 0. The minimum absolute atomic E-state index is 0.0857. The molecule has 0 radical (unpaired) electrons. The van der Waals surface area contributed by atoms with E-state index in [2.05, 4.69) is 5.32 Å². The quantitative estimate of drug-likeness (QED) is 0.797. The predicted octanol–water partition coefficient (Wildman–Crippen LogP) is 1.31. The fourth-order valence-electron chi connectivity index (χ4n) is 2.09. The Morgan fingerprint density at radius 3 is 2.67 bits per heavy atom. The fourth-order valence-corrected chi connectivity index (χ4v) is 2.09. The number of carbonyl (C=O) groups excluding carboxylic acids is 2. The van der Waals surface area contributed by atoms with Crippen molar-refractivity contribution in [3.8, 4) is 0 Å². The molecule has 1 saturated heterocycles. The number of rotatable bonds is 5. The number of hydrogen-bond acceptors (Lipinski definition) is 3. The van der Waals surface area contributed by atoms with Gasteiger partial charge in [-0.2, -0.15) is 0 Å². The van der Waals surface area contributed by atoms with E-state index < -0.39 is 0 Å². The topological polar surface area (TPSA) is 49.4 Å². The first-order valence-corrected chi connectivity index (χ1v) is 6.34. The van der Waals surface area contributed by atoms with Crippen LogP contribution in [0.4, 0.5) is 0 Å². The third-order valence-electron chi connectivity index (χ3n) is 3.07. The molecule has 4 nitrogen and oxygen atoms in total. The van der Waals surface area contributed by atoms with Gasteiger partial charge in [-0.15, -0.1) is 0 Å². The molecule has 1 aliphatic heterocycles. The number of nitrogens with zero attached hydrogens (tertiary/aromatic N) is 1. The van der Waals surface area contributed by atoms with Crippen molar-refractivity contribution in [3.05, 3.63) is 35.9 Å². The largest absolute Gasteiger partial charge is 0.305 e. The summed E-state index contributed by atoms with van der Waals surface area (Å²) in [5, 5.41) is 3.12. The van der Waals surface area contributed by atoms with Crippen LogP contribution in [0.1, 0.15) is 25.3 Å². The van der Waals surface area contributed by atoms with Crippen LogP contribution in [0.3, 0.4) is 0 Å². The van der Waals surface area contributed by atoms with E-state index in [1.54, 1.807) is 0 Å². The average molecular weight is 246 g/mol. The summed E-state index contributed by atoms with van der Waals surface area (Å²) in [6.07, 6.45) is 1.24. The molecule has 0 spiro atoms. The van der Waals surface area contributed by atoms with Gasteiger partial charge in [0, 0.05) is 0 Å². The van der Waals surface area contributed by atoms with Gasteiger partial charge < -0.3 is 5.32 Å². The second-order valence-electron chi connectivity index (χ2n) is 4.51. The maximum Gasteiger partial charge on any atom is 0.247 e. The standard InChI is InChI=1S/C14H18N2O2/c1-2-8-15-12-9-13(17)16(14(12)18)10-11-6-4-3-5-7-11/h3-7,12,15H,2,8-10H2,1H3/t12-/m0/s1. The van der Waals surface area contributed by atoms with Gasteiger partial charge in [0.1, 0.15) is 0 Å². The maximum atomic E-state index is 12.1. The zero-order valence-electron chi connectivity index (χ0n) is 10.6.